The summed E-state index contributed by atoms with van der Waals surface area (Å²) in [5.74, 6) is 0.919. The number of nitrogens with two attached hydrogens (primary N) is 1. The Kier molecular flexibility index (Phi) is 5.59. The number of hydrogen-bond donors (Lipinski definition) is 2. The molecule has 0 saturated heterocycles. The number of benzene rings is 1. The molecule has 14 heavy (non-hydrogen) atoms. The van der Waals surface area contributed by atoms with E-state index in [1.165, 1.54) is 0 Å². The summed E-state index contributed by atoms with van der Waals surface area (Å²) in [5, 5.41) is 2.21. The summed E-state index contributed by atoms with van der Waals surface area (Å²) in [6, 6.07) is 7.90. The maximum atomic E-state index is 5.55. The van der Waals surface area contributed by atoms with Crippen molar-refractivity contribution in [2.75, 3.05) is 26.2 Å². The van der Waals surface area contributed by atoms with Crippen LogP contribution in [0.2, 0.25) is 0 Å². The van der Waals surface area contributed by atoms with Crippen LogP contribution in [0.1, 0.15) is 0 Å². The first kappa shape index (κ1) is 11.5. The van der Waals surface area contributed by atoms with Crippen LogP contribution in [0.5, 0.6) is 5.75 Å². The van der Waals surface area contributed by atoms with E-state index in [0.717, 1.165) is 36.5 Å². The summed E-state index contributed by atoms with van der Waals surface area (Å²) in [5.41, 5.74) is 3.77. The van der Waals surface area contributed by atoms with Crippen LogP contribution in [0.15, 0.2) is 28.7 Å². The number of ether oxygens (including phenoxy) is 1. The maximum Gasteiger partial charge on any atom is 0.137 e. The molecule has 0 saturated carbocycles. The van der Waals surface area contributed by atoms with E-state index < -0.39 is 0 Å². The molecule has 5 N–H and O–H groups in total. The summed E-state index contributed by atoms with van der Waals surface area (Å²) >= 11 is 3.40. The Bertz CT molecular complexity index is 268. The van der Waals surface area contributed by atoms with Crippen molar-refractivity contribution in [3.05, 3.63) is 28.7 Å². The third-order valence-electron chi connectivity index (χ3n) is 1.80. The van der Waals surface area contributed by atoms with Crippen LogP contribution in [-0.2, 0) is 0 Å². The SMILES string of the molecule is [NH3+]CC[NH2+]CCOc1cccc(Br)c1. The minimum absolute atomic E-state index is 0.746. The second-order valence-electron chi connectivity index (χ2n) is 3.03. The van der Waals surface area contributed by atoms with Crippen molar-refractivity contribution in [3.63, 3.8) is 0 Å². The van der Waals surface area contributed by atoms with Gasteiger partial charge in [0.05, 0.1) is 0 Å². The highest BCUT2D eigenvalue weighted by molar-refractivity contribution is 9.10. The summed E-state index contributed by atoms with van der Waals surface area (Å²) in [7, 11) is 0. The van der Waals surface area contributed by atoms with Crippen LogP contribution < -0.4 is 15.8 Å². The van der Waals surface area contributed by atoms with Gasteiger partial charge in [0.25, 0.3) is 0 Å². The van der Waals surface area contributed by atoms with Crippen LogP contribution >= 0.6 is 15.9 Å². The molecule has 0 aliphatic heterocycles. The predicted octanol–water partition coefficient (Wildman–Crippen LogP) is -0.367. The van der Waals surface area contributed by atoms with Crippen LogP contribution in [-0.4, -0.2) is 26.2 Å². The van der Waals surface area contributed by atoms with E-state index in [0.29, 0.717) is 0 Å². The molecule has 1 aromatic carbocycles. The number of hydrogen-bond acceptors (Lipinski definition) is 1. The fourth-order valence-corrected chi connectivity index (χ4v) is 1.48. The zero-order valence-corrected chi connectivity index (χ0v) is 9.79. The maximum absolute atomic E-state index is 5.55. The van der Waals surface area contributed by atoms with Crippen molar-refractivity contribution in [3.8, 4) is 5.75 Å². The van der Waals surface area contributed by atoms with Crippen LogP contribution in [0.3, 0.4) is 0 Å². The highest BCUT2D eigenvalue weighted by Crippen LogP contribution is 2.17. The highest BCUT2D eigenvalue weighted by atomic mass is 79.9. The van der Waals surface area contributed by atoms with Gasteiger partial charge in [0.2, 0.25) is 0 Å². The van der Waals surface area contributed by atoms with Gasteiger partial charge in [0, 0.05) is 4.47 Å². The molecule has 0 aliphatic carbocycles. The molecule has 0 spiro atoms. The molecule has 0 atom stereocenters. The normalized spacial score (nSPS) is 10.1. The average Bonchev–Trinajstić information content (AvgIpc) is 2.18. The van der Waals surface area contributed by atoms with E-state index in [1.54, 1.807) is 0 Å². The van der Waals surface area contributed by atoms with Crippen molar-refractivity contribution in [1.29, 1.82) is 0 Å². The Hall–Kier alpha value is -0.580. The number of rotatable bonds is 6. The molecule has 78 valence electrons. The van der Waals surface area contributed by atoms with E-state index in [-0.39, 0.29) is 0 Å². The minimum atomic E-state index is 0.746. The molecular weight excluding hydrogens is 244 g/mol. The van der Waals surface area contributed by atoms with Gasteiger partial charge in [-0.2, -0.15) is 0 Å². The smallest absolute Gasteiger partial charge is 0.137 e. The van der Waals surface area contributed by atoms with E-state index in [4.69, 9.17) is 4.74 Å². The van der Waals surface area contributed by atoms with Gasteiger partial charge in [-0.1, -0.05) is 22.0 Å². The molecule has 1 aromatic rings. The van der Waals surface area contributed by atoms with Gasteiger partial charge in [-0.15, -0.1) is 0 Å². The van der Waals surface area contributed by atoms with E-state index >= 15 is 0 Å². The minimum Gasteiger partial charge on any atom is -0.488 e. The fraction of sp³-hybridized carbons (Fsp3) is 0.400. The van der Waals surface area contributed by atoms with Gasteiger partial charge < -0.3 is 15.8 Å². The first-order valence-corrected chi connectivity index (χ1v) is 5.61. The molecule has 0 unspecified atom stereocenters. The molecular formula is C10H17BrN2O+2. The van der Waals surface area contributed by atoms with E-state index in [9.17, 15) is 0 Å². The molecule has 0 fully saturated rings. The van der Waals surface area contributed by atoms with Gasteiger partial charge in [0.15, 0.2) is 0 Å². The van der Waals surface area contributed by atoms with Crippen molar-refractivity contribution in [2.45, 2.75) is 0 Å². The zero-order valence-electron chi connectivity index (χ0n) is 8.21. The highest BCUT2D eigenvalue weighted by Gasteiger charge is 1.95. The predicted molar refractivity (Wildman–Crippen MR) is 59.1 cm³/mol. The lowest BCUT2D eigenvalue weighted by atomic mass is 10.3. The Morgan fingerprint density at radius 2 is 2.21 bits per heavy atom. The third kappa shape index (κ3) is 4.60. The Morgan fingerprint density at radius 1 is 1.36 bits per heavy atom. The van der Waals surface area contributed by atoms with Gasteiger partial charge in [-0.25, -0.2) is 0 Å². The monoisotopic (exact) mass is 260 g/mol. The summed E-state index contributed by atoms with van der Waals surface area (Å²) in [6.45, 7) is 3.78. The third-order valence-corrected chi connectivity index (χ3v) is 2.29. The lowest BCUT2D eigenvalue weighted by molar-refractivity contribution is -0.670. The van der Waals surface area contributed by atoms with Crippen molar-refractivity contribution >= 4 is 15.9 Å². The average molecular weight is 261 g/mol. The molecule has 3 nitrogen and oxygen atoms in total. The Balaban J connectivity index is 2.18. The standard InChI is InChI=1S/C10H15BrN2O/c11-9-2-1-3-10(8-9)14-7-6-13-5-4-12/h1-3,8,13H,4-7,12H2/p+2. The first-order chi connectivity index (χ1) is 6.83. The molecule has 0 heterocycles. The molecule has 1 rings (SSSR count). The number of quaternary nitrogens is 2. The van der Waals surface area contributed by atoms with E-state index in [2.05, 4.69) is 27.0 Å². The zero-order chi connectivity index (χ0) is 10.2. The second-order valence-corrected chi connectivity index (χ2v) is 3.94. The largest absolute Gasteiger partial charge is 0.488 e. The molecule has 0 amide bonds. The molecule has 0 radical (unpaired) electrons. The van der Waals surface area contributed by atoms with Crippen molar-refractivity contribution in [1.82, 2.24) is 0 Å². The molecule has 0 aromatic heterocycles. The summed E-state index contributed by atoms with van der Waals surface area (Å²) in [4.78, 5) is 0. The Labute approximate surface area is 92.8 Å². The van der Waals surface area contributed by atoms with Gasteiger partial charge in [-0.05, 0) is 18.2 Å². The quantitative estimate of drug-likeness (QED) is 0.675. The van der Waals surface area contributed by atoms with E-state index in [1.807, 2.05) is 24.3 Å². The first-order valence-electron chi connectivity index (χ1n) is 4.82. The second kappa shape index (κ2) is 6.81. The molecule has 0 bridgehead atoms. The topological polar surface area (TPSA) is 53.5 Å². The summed E-state index contributed by atoms with van der Waals surface area (Å²) < 4.78 is 6.60. The number of halogens is 1. The summed E-state index contributed by atoms with van der Waals surface area (Å²) in [6.07, 6.45) is 0. The van der Waals surface area contributed by atoms with Crippen LogP contribution in [0, 0.1) is 0 Å². The lowest BCUT2D eigenvalue weighted by Crippen LogP contribution is -2.88. The Morgan fingerprint density at radius 3 is 2.93 bits per heavy atom. The molecule has 0 aliphatic rings. The van der Waals surface area contributed by atoms with Gasteiger partial charge >= 0.3 is 0 Å². The van der Waals surface area contributed by atoms with Crippen molar-refractivity contribution < 1.29 is 15.8 Å². The van der Waals surface area contributed by atoms with Crippen molar-refractivity contribution in [2.24, 2.45) is 0 Å². The van der Waals surface area contributed by atoms with Gasteiger partial charge in [0.1, 0.15) is 32.0 Å². The molecule has 4 heteroatoms. The fourth-order valence-electron chi connectivity index (χ4n) is 1.11. The van der Waals surface area contributed by atoms with Crippen LogP contribution in [0.4, 0.5) is 0 Å². The van der Waals surface area contributed by atoms with Crippen LogP contribution in [0.25, 0.3) is 0 Å². The van der Waals surface area contributed by atoms with Gasteiger partial charge in [-0.3, -0.25) is 0 Å². The lowest BCUT2D eigenvalue weighted by Gasteiger charge is -2.04.